The number of amides is 9. The van der Waals surface area contributed by atoms with Gasteiger partial charge in [0.2, 0.25) is 17.7 Å². The third-order valence-electron chi connectivity index (χ3n) is 14.9. The van der Waals surface area contributed by atoms with Crippen molar-refractivity contribution in [1.29, 1.82) is 0 Å². The molecule has 4 atom stereocenters. The van der Waals surface area contributed by atoms with E-state index in [9.17, 15) is 47.9 Å². The van der Waals surface area contributed by atoms with Gasteiger partial charge in [0.1, 0.15) is 25.3 Å². The van der Waals surface area contributed by atoms with Crippen LogP contribution in [-0.2, 0) is 59.4 Å². The van der Waals surface area contributed by atoms with Crippen LogP contribution in [0.25, 0.3) is 0 Å². The van der Waals surface area contributed by atoms with Crippen LogP contribution >= 0.6 is 0 Å². The van der Waals surface area contributed by atoms with E-state index in [1.165, 1.54) is 46.0 Å². The van der Waals surface area contributed by atoms with Gasteiger partial charge in [-0.3, -0.25) is 43.4 Å². The lowest BCUT2D eigenvalue weighted by molar-refractivity contribution is -0.147. The molecular weight excluding hydrogens is 1140 g/mol. The van der Waals surface area contributed by atoms with Gasteiger partial charge in [-0.25, -0.2) is 14.4 Å². The first-order valence-electron chi connectivity index (χ1n) is 28.9. The van der Waals surface area contributed by atoms with E-state index in [2.05, 4.69) is 16.0 Å². The van der Waals surface area contributed by atoms with Crippen LogP contribution in [0.15, 0.2) is 170 Å². The number of likely N-dealkylation sites (N-methyl/N-ethyl adjacent to an activating group) is 2. The highest BCUT2D eigenvalue weighted by molar-refractivity contribution is 6.76. The third-order valence-corrected chi connectivity index (χ3v) is 15.9. The van der Waals surface area contributed by atoms with Crippen molar-refractivity contribution in [2.24, 2.45) is 0 Å². The average molecular weight is 1210 g/mol. The largest absolute Gasteiger partial charge is 0.468 e. The zero-order valence-corrected chi connectivity index (χ0v) is 50.8. The standard InChI is InChI=1S/C35H42N4O7Si.C31H30N4O6/c1-36-31(40)29(21-25-13-7-5-8-14-25)37-19-20-38(35(44)45-23-26-15-9-6-10-16-26)22-30(34(43)46-24-47(2,3)4)39-32(41)27-17-11-12-18-28(27)33(39)42;1-32-27(36)25(18-21-10-4-2-5-11-21)34-17-16-33(31(40)41-20-22-12-6-3-7-13-22)19-26(30(34)39)35-28(37)23-14-8-9-15-24(23)29(35)38/h5-18,29-30,37H,19-24H2,1-4H3,(H,36,40);2-15,25-26H,16-20H2,1H3,(H,32,36)/t29-,30-;25-,26-/m00/s1. The van der Waals surface area contributed by atoms with Crippen LogP contribution in [0.4, 0.5) is 9.59 Å². The number of rotatable bonds is 22. The van der Waals surface area contributed by atoms with E-state index in [-0.39, 0.29) is 93.3 Å². The molecule has 3 heterocycles. The zero-order valence-electron chi connectivity index (χ0n) is 49.8. The molecule has 0 aromatic heterocycles. The van der Waals surface area contributed by atoms with E-state index in [1.54, 1.807) is 31.3 Å². The van der Waals surface area contributed by atoms with Crippen molar-refractivity contribution in [2.75, 3.05) is 59.6 Å². The molecule has 6 aromatic rings. The Labute approximate surface area is 511 Å². The molecule has 88 heavy (non-hydrogen) atoms. The van der Waals surface area contributed by atoms with Gasteiger partial charge in [0.05, 0.1) is 55.7 Å². The molecule has 458 valence electrons. The molecule has 22 heteroatoms. The monoisotopic (exact) mass is 1210 g/mol. The predicted molar refractivity (Wildman–Crippen MR) is 328 cm³/mol. The van der Waals surface area contributed by atoms with Crippen molar-refractivity contribution < 1.29 is 62.2 Å². The lowest BCUT2D eigenvalue weighted by Gasteiger charge is -2.33. The molecule has 9 amide bonds. The molecule has 1 fully saturated rings. The van der Waals surface area contributed by atoms with Gasteiger partial charge >= 0.3 is 18.2 Å². The Balaban J connectivity index is 0.000000230. The molecule has 0 radical (unpaired) electrons. The minimum Gasteiger partial charge on any atom is -0.468 e. The van der Waals surface area contributed by atoms with Gasteiger partial charge < -0.3 is 44.9 Å². The first kappa shape index (κ1) is 64.2. The number of imide groups is 2. The summed E-state index contributed by atoms with van der Waals surface area (Å²) in [6, 6.07) is 45.4. The number of nitrogens with zero attached hydrogens (tertiary/aromatic N) is 5. The van der Waals surface area contributed by atoms with Crippen molar-refractivity contribution in [3.63, 3.8) is 0 Å². The summed E-state index contributed by atoms with van der Waals surface area (Å²) in [5.41, 5.74) is 4.04. The summed E-state index contributed by atoms with van der Waals surface area (Å²) in [5.74, 6) is -4.54. The third kappa shape index (κ3) is 16.2. The molecule has 3 N–H and O–H groups in total. The second kappa shape index (κ2) is 30.0. The van der Waals surface area contributed by atoms with E-state index < -0.39 is 85.8 Å². The molecule has 0 saturated carbocycles. The summed E-state index contributed by atoms with van der Waals surface area (Å²) < 4.78 is 16.8. The average Bonchev–Trinajstić information content (AvgIpc) is 2.74. The second-order valence-electron chi connectivity index (χ2n) is 22.4. The number of fused-ring (bicyclic) bond motifs is 2. The predicted octanol–water partition coefficient (Wildman–Crippen LogP) is 6.15. The van der Waals surface area contributed by atoms with Crippen LogP contribution < -0.4 is 16.0 Å². The first-order chi connectivity index (χ1) is 42.4. The summed E-state index contributed by atoms with van der Waals surface area (Å²) in [7, 11) is 1.15. The number of hydrogen-bond acceptors (Lipinski definition) is 14. The fraction of sp³-hybridized carbons (Fsp3) is 0.303. The summed E-state index contributed by atoms with van der Waals surface area (Å²) in [6.07, 6.45) is -0.669. The zero-order chi connectivity index (χ0) is 62.9. The first-order valence-corrected chi connectivity index (χ1v) is 32.6. The maximum Gasteiger partial charge on any atom is 0.410 e. The summed E-state index contributed by atoms with van der Waals surface area (Å²) in [6.45, 7) is 5.61. The number of carbonyl (C=O) groups is 10. The molecule has 6 aromatic carbocycles. The number of ether oxygens (including phenoxy) is 3. The highest BCUT2D eigenvalue weighted by Gasteiger charge is 2.49. The number of esters is 1. The molecule has 0 aliphatic carbocycles. The number of benzene rings is 6. The van der Waals surface area contributed by atoms with E-state index in [0.29, 0.717) is 6.42 Å². The summed E-state index contributed by atoms with van der Waals surface area (Å²) in [5, 5.41) is 8.50. The highest BCUT2D eigenvalue weighted by atomic mass is 28.3. The number of carbonyl (C=O) groups excluding carboxylic acids is 10. The molecule has 3 aliphatic rings. The van der Waals surface area contributed by atoms with Crippen LogP contribution in [0, 0.1) is 0 Å². The summed E-state index contributed by atoms with van der Waals surface area (Å²) in [4.78, 5) is 140. The van der Waals surface area contributed by atoms with Gasteiger partial charge in [0, 0.05) is 46.7 Å². The van der Waals surface area contributed by atoms with Crippen LogP contribution in [-0.4, -0.2) is 176 Å². The second-order valence-corrected chi connectivity index (χ2v) is 27.8. The Hall–Kier alpha value is -9.80. The van der Waals surface area contributed by atoms with Crippen LogP contribution in [0.3, 0.4) is 0 Å². The maximum absolute atomic E-state index is 14.2. The Kier molecular flexibility index (Phi) is 21.9. The van der Waals surface area contributed by atoms with Crippen molar-refractivity contribution in [2.45, 2.75) is 69.9 Å². The van der Waals surface area contributed by atoms with Gasteiger partial charge in [-0.15, -0.1) is 0 Å². The molecule has 0 spiro atoms. The number of nitrogens with one attached hydrogen (secondary N) is 3. The van der Waals surface area contributed by atoms with Crippen molar-refractivity contribution in [3.8, 4) is 0 Å². The Bertz CT molecular complexity index is 3410. The molecular formula is C66H72N8O13Si. The molecule has 9 rings (SSSR count). The van der Waals surface area contributed by atoms with Crippen LogP contribution in [0.2, 0.25) is 19.6 Å². The van der Waals surface area contributed by atoms with Crippen LogP contribution in [0.1, 0.15) is 63.7 Å². The lowest BCUT2D eigenvalue weighted by Crippen LogP contribution is -2.57. The molecule has 3 aliphatic heterocycles. The van der Waals surface area contributed by atoms with E-state index in [0.717, 1.165) is 32.1 Å². The normalized spacial score (nSPS) is 15.6. The molecule has 1 saturated heterocycles. The van der Waals surface area contributed by atoms with Gasteiger partial charge in [-0.2, -0.15) is 0 Å². The van der Waals surface area contributed by atoms with Gasteiger partial charge in [-0.05, 0) is 52.9 Å². The van der Waals surface area contributed by atoms with Gasteiger partial charge in [0.15, 0.2) is 6.04 Å². The van der Waals surface area contributed by atoms with Crippen molar-refractivity contribution >= 4 is 67.6 Å². The molecule has 0 bridgehead atoms. The minimum absolute atomic E-state index is 0.00310. The Morgan fingerprint density at radius 1 is 0.545 bits per heavy atom. The Morgan fingerprint density at radius 3 is 1.49 bits per heavy atom. The quantitative estimate of drug-likeness (QED) is 0.0299. The SMILES string of the molecule is CNC(=O)[C@H](Cc1ccccc1)N1CCN(C(=O)OCc2ccccc2)C[C@H](N2C(=O)c3ccccc3C2=O)C1=O.CNC(=O)[C@H](Cc1ccccc1)NCCN(C[C@@H](C(=O)OC[Si](C)(C)C)N1C(=O)c2ccccc2C1=O)C(=O)OCc1ccccc1. The highest BCUT2D eigenvalue weighted by Crippen LogP contribution is 2.29. The minimum atomic E-state index is -1.88. The summed E-state index contributed by atoms with van der Waals surface area (Å²) >= 11 is 0. The molecule has 21 nitrogen and oxygen atoms in total. The maximum atomic E-state index is 14.2. The molecule has 0 unspecified atom stereocenters. The number of hydrogen-bond donors (Lipinski definition) is 3. The topological polar surface area (TPSA) is 251 Å². The van der Waals surface area contributed by atoms with E-state index in [1.807, 2.05) is 141 Å². The van der Waals surface area contributed by atoms with Gasteiger partial charge in [0.25, 0.3) is 23.6 Å². The van der Waals surface area contributed by atoms with E-state index in [4.69, 9.17) is 14.2 Å². The van der Waals surface area contributed by atoms with Crippen LogP contribution in [0.5, 0.6) is 0 Å². The smallest absolute Gasteiger partial charge is 0.410 e. The van der Waals surface area contributed by atoms with E-state index >= 15 is 0 Å². The lowest BCUT2D eigenvalue weighted by atomic mass is 10.0. The van der Waals surface area contributed by atoms with Crippen molar-refractivity contribution in [3.05, 3.63) is 214 Å². The fourth-order valence-electron chi connectivity index (χ4n) is 10.3. The van der Waals surface area contributed by atoms with Gasteiger partial charge in [-0.1, -0.05) is 165 Å². The Morgan fingerprint density at radius 2 is 1.00 bits per heavy atom. The van der Waals surface area contributed by atoms with Crippen molar-refractivity contribution in [1.82, 2.24) is 40.4 Å². The fourth-order valence-corrected chi connectivity index (χ4v) is 10.9.